The van der Waals surface area contributed by atoms with Gasteiger partial charge in [0.05, 0.1) is 18.6 Å². The number of ether oxygens (including phenoxy) is 1. The Hall–Kier alpha value is -2.59. The third kappa shape index (κ3) is 9.53. The second kappa shape index (κ2) is 14.7. The minimum Gasteiger partial charge on any atom is -0.494 e. The molecule has 2 aromatic carbocycles. The number of carbonyl (C=O) groups excluding carboxylic acids is 2. The van der Waals surface area contributed by atoms with E-state index in [1.165, 1.54) is 10.7 Å². The smallest absolute Gasteiger partial charge is 0.242 e. The zero-order valence-corrected chi connectivity index (χ0v) is 25.5. The molecule has 0 bridgehead atoms. The van der Waals surface area contributed by atoms with Gasteiger partial charge in [-0.05, 0) is 75.1 Å². The lowest BCUT2D eigenvalue weighted by molar-refractivity contribution is -0.141. The van der Waals surface area contributed by atoms with Crippen LogP contribution in [-0.4, -0.2) is 56.6 Å². The van der Waals surface area contributed by atoms with Gasteiger partial charge in [-0.2, -0.15) is 0 Å². The lowest BCUT2D eigenvalue weighted by Crippen LogP contribution is -2.50. The van der Waals surface area contributed by atoms with Crippen LogP contribution in [0, 0.1) is 0 Å². The van der Waals surface area contributed by atoms with Crippen LogP contribution in [0.3, 0.4) is 0 Å². The molecule has 8 nitrogen and oxygen atoms in total. The maximum absolute atomic E-state index is 13.5. The highest BCUT2D eigenvalue weighted by Gasteiger charge is 2.28. The Morgan fingerprint density at radius 1 is 1.10 bits per heavy atom. The third-order valence-corrected chi connectivity index (χ3v) is 8.64. The molecular formula is C29H40BrN3O5S. The molecule has 1 aliphatic carbocycles. The maximum atomic E-state index is 13.5. The first-order valence-corrected chi connectivity index (χ1v) is 16.3. The summed E-state index contributed by atoms with van der Waals surface area (Å²) in [6.45, 7) is 4.59. The number of anilines is 1. The average molecular weight is 623 g/mol. The van der Waals surface area contributed by atoms with E-state index in [0.717, 1.165) is 42.0 Å². The average Bonchev–Trinajstić information content (AvgIpc) is 2.90. The van der Waals surface area contributed by atoms with Gasteiger partial charge >= 0.3 is 0 Å². The molecule has 10 heteroatoms. The van der Waals surface area contributed by atoms with Gasteiger partial charge in [0.2, 0.25) is 21.8 Å². The highest BCUT2D eigenvalue weighted by Crippen LogP contribution is 2.23. The number of benzene rings is 2. The molecule has 1 saturated carbocycles. The van der Waals surface area contributed by atoms with E-state index in [9.17, 15) is 18.0 Å². The van der Waals surface area contributed by atoms with Crippen molar-refractivity contribution < 1.29 is 22.7 Å². The Bertz CT molecular complexity index is 1200. The van der Waals surface area contributed by atoms with Crippen LogP contribution >= 0.6 is 15.9 Å². The predicted octanol–water partition coefficient (Wildman–Crippen LogP) is 5.26. The van der Waals surface area contributed by atoms with Crippen molar-refractivity contribution in [2.75, 3.05) is 23.7 Å². The molecule has 39 heavy (non-hydrogen) atoms. The van der Waals surface area contributed by atoms with Crippen LogP contribution in [-0.2, 0) is 26.2 Å². The summed E-state index contributed by atoms with van der Waals surface area (Å²) < 4.78 is 32.8. The molecule has 2 aromatic rings. The molecular weight excluding hydrogens is 582 g/mol. The third-order valence-electron chi connectivity index (χ3n) is 6.95. The number of nitrogens with zero attached hydrogens (tertiary/aromatic N) is 2. The number of hydrogen-bond donors (Lipinski definition) is 1. The lowest BCUT2D eigenvalue weighted by atomic mass is 9.95. The molecule has 1 fully saturated rings. The van der Waals surface area contributed by atoms with Crippen molar-refractivity contribution >= 4 is 43.5 Å². The van der Waals surface area contributed by atoms with E-state index in [1.54, 1.807) is 36.1 Å². The normalized spacial score (nSPS) is 14.9. The summed E-state index contributed by atoms with van der Waals surface area (Å²) >= 11 is 3.48. The molecule has 0 spiro atoms. The summed E-state index contributed by atoms with van der Waals surface area (Å²) in [5, 5.41) is 3.14. The molecule has 0 heterocycles. The minimum absolute atomic E-state index is 0.109. The molecule has 0 aromatic heterocycles. The van der Waals surface area contributed by atoms with Crippen molar-refractivity contribution in [3.63, 3.8) is 0 Å². The Labute approximate surface area is 241 Å². The highest BCUT2D eigenvalue weighted by atomic mass is 79.9. The van der Waals surface area contributed by atoms with Crippen molar-refractivity contribution in [3.05, 3.63) is 58.6 Å². The molecule has 2 amide bonds. The first-order valence-electron chi connectivity index (χ1n) is 13.6. The number of carbonyl (C=O) groups is 2. The van der Waals surface area contributed by atoms with Gasteiger partial charge in [-0.25, -0.2) is 8.42 Å². The Kier molecular flexibility index (Phi) is 11.7. The van der Waals surface area contributed by atoms with Crippen LogP contribution in [0.25, 0.3) is 0 Å². The summed E-state index contributed by atoms with van der Waals surface area (Å²) in [6.07, 6.45) is 6.90. The number of amides is 2. The van der Waals surface area contributed by atoms with Gasteiger partial charge in [0.25, 0.3) is 0 Å². The van der Waals surface area contributed by atoms with Crippen LogP contribution in [0.15, 0.2) is 53.0 Å². The van der Waals surface area contributed by atoms with Gasteiger partial charge in [-0.1, -0.05) is 47.3 Å². The van der Waals surface area contributed by atoms with Gasteiger partial charge in [0.1, 0.15) is 11.8 Å². The van der Waals surface area contributed by atoms with E-state index in [2.05, 4.69) is 21.2 Å². The van der Waals surface area contributed by atoms with E-state index in [1.807, 2.05) is 31.2 Å². The summed E-state index contributed by atoms with van der Waals surface area (Å²) in [7, 11) is -3.56. The number of hydrogen-bond acceptors (Lipinski definition) is 5. The van der Waals surface area contributed by atoms with Crippen molar-refractivity contribution in [2.24, 2.45) is 0 Å². The van der Waals surface area contributed by atoms with Crippen LogP contribution in [0.5, 0.6) is 5.75 Å². The number of rotatable bonds is 13. The number of halogens is 1. The van der Waals surface area contributed by atoms with Crippen molar-refractivity contribution in [3.8, 4) is 5.75 Å². The van der Waals surface area contributed by atoms with Gasteiger partial charge in [0, 0.05) is 30.0 Å². The van der Waals surface area contributed by atoms with Crippen LogP contribution in [0.2, 0.25) is 0 Å². The minimum atomic E-state index is -3.56. The summed E-state index contributed by atoms with van der Waals surface area (Å²) in [6, 6.07) is 14.0. The van der Waals surface area contributed by atoms with E-state index < -0.39 is 16.1 Å². The Balaban J connectivity index is 1.70. The lowest BCUT2D eigenvalue weighted by Gasteiger charge is -2.31. The molecule has 0 saturated heterocycles. The number of nitrogens with one attached hydrogen (secondary N) is 1. The highest BCUT2D eigenvalue weighted by molar-refractivity contribution is 9.10. The number of sulfonamides is 1. The van der Waals surface area contributed by atoms with Gasteiger partial charge in [-0.3, -0.25) is 13.9 Å². The first-order chi connectivity index (χ1) is 18.6. The van der Waals surface area contributed by atoms with Crippen LogP contribution in [0.1, 0.15) is 64.4 Å². The summed E-state index contributed by atoms with van der Waals surface area (Å²) in [5.41, 5.74) is 1.42. The van der Waals surface area contributed by atoms with Gasteiger partial charge in [-0.15, -0.1) is 0 Å². The van der Waals surface area contributed by atoms with E-state index in [0.29, 0.717) is 24.5 Å². The van der Waals surface area contributed by atoms with E-state index in [-0.39, 0.29) is 37.4 Å². The van der Waals surface area contributed by atoms with Gasteiger partial charge in [0.15, 0.2) is 0 Å². The zero-order chi connectivity index (χ0) is 28.4. The molecule has 1 atom stereocenters. The molecule has 1 aliphatic rings. The Morgan fingerprint density at radius 2 is 1.79 bits per heavy atom. The zero-order valence-electron chi connectivity index (χ0n) is 23.1. The molecule has 214 valence electrons. The van der Waals surface area contributed by atoms with Crippen LogP contribution < -0.4 is 14.4 Å². The van der Waals surface area contributed by atoms with Gasteiger partial charge < -0.3 is 15.0 Å². The first kappa shape index (κ1) is 30.9. The van der Waals surface area contributed by atoms with Crippen molar-refractivity contribution in [1.82, 2.24) is 10.2 Å². The quantitative estimate of drug-likeness (QED) is 0.329. The van der Waals surface area contributed by atoms with Crippen molar-refractivity contribution in [2.45, 2.75) is 77.4 Å². The molecule has 1 N–H and O–H groups in total. The molecule has 3 rings (SSSR count). The molecule has 0 aliphatic heterocycles. The molecule has 0 unspecified atom stereocenters. The van der Waals surface area contributed by atoms with Crippen LogP contribution in [0.4, 0.5) is 5.69 Å². The fraction of sp³-hybridized carbons (Fsp3) is 0.517. The fourth-order valence-electron chi connectivity index (χ4n) is 4.86. The fourth-order valence-corrected chi connectivity index (χ4v) is 6.27. The molecule has 0 radical (unpaired) electrons. The monoisotopic (exact) mass is 621 g/mol. The maximum Gasteiger partial charge on any atom is 0.242 e. The Morgan fingerprint density at radius 3 is 2.41 bits per heavy atom. The van der Waals surface area contributed by atoms with E-state index in [4.69, 9.17) is 4.74 Å². The SMILES string of the molecule is CCOc1ccc(N(CCCC(=O)N(Cc2cccc(Br)c2)[C@@H](C)C(=O)NC2CCCCC2)S(C)(=O)=O)cc1. The second-order valence-corrected chi connectivity index (χ2v) is 12.9. The second-order valence-electron chi connectivity index (χ2n) is 10.0. The predicted molar refractivity (Wildman–Crippen MR) is 158 cm³/mol. The van der Waals surface area contributed by atoms with Crippen molar-refractivity contribution in [1.29, 1.82) is 0 Å². The topological polar surface area (TPSA) is 96.0 Å². The summed E-state index contributed by atoms with van der Waals surface area (Å²) in [5.74, 6) is 0.312. The van der Waals surface area contributed by atoms with E-state index >= 15 is 0 Å². The summed E-state index contributed by atoms with van der Waals surface area (Å²) in [4.78, 5) is 28.3. The largest absolute Gasteiger partial charge is 0.494 e. The standard InChI is InChI=1S/C29H40BrN3O5S/c1-4-38-27-17-15-26(16-18-27)33(39(3,36)37)19-9-14-28(34)32(21-23-10-8-11-24(30)20-23)22(2)29(35)31-25-12-6-5-7-13-25/h8,10-11,15-18,20,22,25H,4-7,9,12-14,19,21H2,1-3H3,(H,31,35)/t22-/m0/s1.